The van der Waals surface area contributed by atoms with E-state index in [4.69, 9.17) is 9.47 Å². The zero-order chi connectivity index (χ0) is 18.2. The van der Waals surface area contributed by atoms with E-state index in [1.165, 1.54) is 0 Å². The Morgan fingerprint density at radius 3 is 2.46 bits per heavy atom. The van der Waals surface area contributed by atoms with Crippen LogP contribution in [-0.2, 0) is 23.9 Å². The summed E-state index contributed by atoms with van der Waals surface area (Å²) in [6.07, 6.45) is 0.239. The molecular formula is C16H29N3O5. The summed E-state index contributed by atoms with van der Waals surface area (Å²) in [5, 5.41) is 5.41. The van der Waals surface area contributed by atoms with E-state index in [-0.39, 0.29) is 42.2 Å². The molecule has 1 saturated heterocycles. The minimum absolute atomic E-state index is 0.00385. The summed E-state index contributed by atoms with van der Waals surface area (Å²) >= 11 is 0. The molecule has 0 radical (unpaired) electrons. The average Bonchev–Trinajstić information content (AvgIpc) is 2.90. The summed E-state index contributed by atoms with van der Waals surface area (Å²) < 4.78 is 9.88. The molecule has 1 aliphatic heterocycles. The number of carbonyl (C=O) groups is 3. The number of ether oxygens (including phenoxy) is 2. The summed E-state index contributed by atoms with van der Waals surface area (Å²) in [5.41, 5.74) is -0.275. The van der Waals surface area contributed by atoms with Crippen LogP contribution >= 0.6 is 0 Å². The number of hydrogen-bond acceptors (Lipinski definition) is 5. The van der Waals surface area contributed by atoms with Gasteiger partial charge in [-0.3, -0.25) is 14.4 Å². The molecule has 0 bridgehead atoms. The molecule has 1 aliphatic rings. The Labute approximate surface area is 143 Å². The van der Waals surface area contributed by atoms with Crippen molar-refractivity contribution in [3.8, 4) is 0 Å². The number of hydrogen-bond donors (Lipinski definition) is 2. The molecule has 1 rings (SSSR count). The van der Waals surface area contributed by atoms with E-state index >= 15 is 0 Å². The Morgan fingerprint density at radius 1 is 1.21 bits per heavy atom. The van der Waals surface area contributed by atoms with Gasteiger partial charge in [0.1, 0.15) is 6.61 Å². The van der Waals surface area contributed by atoms with E-state index in [1.807, 2.05) is 20.8 Å². The van der Waals surface area contributed by atoms with Gasteiger partial charge >= 0.3 is 0 Å². The van der Waals surface area contributed by atoms with Gasteiger partial charge < -0.3 is 25.0 Å². The lowest BCUT2D eigenvalue weighted by Crippen LogP contribution is -2.43. The van der Waals surface area contributed by atoms with Crippen molar-refractivity contribution in [2.24, 2.45) is 5.92 Å². The number of nitrogens with one attached hydrogen (secondary N) is 2. The summed E-state index contributed by atoms with van der Waals surface area (Å²) in [5.74, 6) is -0.718. The molecule has 1 fully saturated rings. The van der Waals surface area contributed by atoms with Crippen molar-refractivity contribution >= 4 is 17.7 Å². The molecule has 0 spiro atoms. The van der Waals surface area contributed by atoms with Crippen LogP contribution in [0.15, 0.2) is 0 Å². The highest BCUT2D eigenvalue weighted by atomic mass is 16.5. The zero-order valence-corrected chi connectivity index (χ0v) is 15.0. The van der Waals surface area contributed by atoms with E-state index < -0.39 is 0 Å². The molecule has 0 saturated carbocycles. The van der Waals surface area contributed by atoms with Crippen molar-refractivity contribution < 1.29 is 23.9 Å². The summed E-state index contributed by atoms with van der Waals surface area (Å²) in [6, 6.07) is 0. The van der Waals surface area contributed by atoms with E-state index in [2.05, 4.69) is 10.6 Å². The fraction of sp³-hybridized carbons (Fsp3) is 0.812. The molecule has 0 aromatic carbocycles. The first-order valence-corrected chi connectivity index (χ1v) is 8.17. The van der Waals surface area contributed by atoms with E-state index in [0.717, 1.165) is 0 Å². The van der Waals surface area contributed by atoms with Crippen LogP contribution in [-0.4, -0.2) is 74.7 Å². The highest BCUT2D eigenvalue weighted by molar-refractivity contribution is 5.89. The molecule has 138 valence electrons. The summed E-state index contributed by atoms with van der Waals surface area (Å²) in [4.78, 5) is 37.3. The first kappa shape index (κ1) is 20.4. The predicted molar refractivity (Wildman–Crippen MR) is 88.3 cm³/mol. The summed E-state index contributed by atoms with van der Waals surface area (Å²) in [6.45, 7) is 7.71. The fourth-order valence-electron chi connectivity index (χ4n) is 2.42. The van der Waals surface area contributed by atoms with Crippen molar-refractivity contribution in [1.29, 1.82) is 0 Å². The lowest BCUT2D eigenvalue weighted by molar-refractivity contribution is -0.132. The largest absolute Gasteiger partial charge is 0.382 e. The molecular weight excluding hydrogens is 314 g/mol. The molecule has 1 heterocycles. The van der Waals surface area contributed by atoms with Crippen molar-refractivity contribution in [1.82, 2.24) is 15.5 Å². The van der Waals surface area contributed by atoms with Crippen molar-refractivity contribution in [3.05, 3.63) is 0 Å². The number of likely N-dealkylation sites (tertiary alicyclic amines) is 1. The summed E-state index contributed by atoms with van der Waals surface area (Å²) in [7, 11) is 1.56. The first-order chi connectivity index (χ1) is 11.3. The lowest BCUT2D eigenvalue weighted by Gasteiger charge is -2.31. The fourth-order valence-corrected chi connectivity index (χ4v) is 2.42. The van der Waals surface area contributed by atoms with Gasteiger partial charge in [0.25, 0.3) is 0 Å². The van der Waals surface area contributed by atoms with Gasteiger partial charge in [-0.15, -0.1) is 0 Å². The Balaban J connectivity index is 2.19. The zero-order valence-electron chi connectivity index (χ0n) is 15.0. The molecule has 24 heavy (non-hydrogen) atoms. The topological polar surface area (TPSA) is 97.0 Å². The van der Waals surface area contributed by atoms with E-state index in [1.54, 1.807) is 12.0 Å². The minimum atomic E-state index is -0.329. The maximum absolute atomic E-state index is 12.1. The second kappa shape index (κ2) is 9.58. The Morgan fingerprint density at radius 2 is 1.88 bits per heavy atom. The molecule has 8 heteroatoms. The quantitative estimate of drug-likeness (QED) is 0.552. The van der Waals surface area contributed by atoms with Crippen LogP contribution < -0.4 is 10.6 Å². The number of amides is 3. The van der Waals surface area contributed by atoms with Crippen molar-refractivity contribution in [2.75, 3.05) is 46.6 Å². The lowest BCUT2D eigenvalue weighted by atomic mass is 10.1. The second-order valence-corrected chi connectivity index (χ2v) is 6.76. The van der Waals surface area contributed by atoms with Gasteiger partial charge in [0.2, 0.25) is 17.7 Å². The Kier molecular flexibility index (Phi) is 8.14. The Bertz CT molecular complexity index is 447. The average molecular weight is 343 g/mol. The third-order valence-electron chi connectivity index (χ3n) is 3.72. The molecule has 8 nitrogen and oxygen atoms in total. The molecule has 1 atom stereocenters. The van der Waals surface area contributed by atoms with Crippen LogP contribution in [0.2, 0.25) is 0 Å². The molecule has 2 N–H and O–H groups in total. The number of carbonyl (C=O) groups excluding carboxylic acids is 3. The highest BCUT2D eigenvalue weighted by Crippen LogP contribution is 2.25. The maximum Gasteiger partial charge on any atom is 0.246 e. The van der Waals surface area contributed by atoms with Crippen LogP contribution in [0.1, 0.15) is 27.2 Å². The number of methoxy groups -OCH3 is 1. The van der Waals surface area contributed by atoms with Crippen LogP contribution in [0.25, 0.3) is 0 Å². The van der Waals surface area contributed by atoms with Gasteiger partial charge in [0, 0.05) is 38.7 Å². The van der Waals surface area contributed by atoms with Gasteiger partial charge in [-0.2, -0.15) is 0 Å². The monoisotopic (exact) mass is 343 g/mol. The standard InChI is InChI=1S/C16H29N3O5/c1-16(2,3)19-10-12(9-14(19)21)15(22)18-6-5-17-13(20)11-24-8-7-23-4/h12H,5-11H2,1-4H3,(H,17,20)(H,18,22). The normalized spacial score (nSPS) is 17.9. The third kappa shape index (κ3) is 6.84. The van der Waals surface area contributed by atoms with Gasteiger partial charge in [0.15, 0.2) is 0 Å². The SMILES string of the molecule is COCCOCC(=O)NCCNC(=O)C1CC(=O)N(C(C)(C)C)C1. The van der Waals surface area contributed by atoms with E-state index in [9.17, 15) is 14.4 Å². The van der Waals surface area contributed by atoms with Crippen molar-refractivity contribution in [2.45, 2.75) is 32.7 Å². The number of rotatable bonds is 9. The van der Waals surface area contributed by atoms with Crippen LogP contribution in [0, 0.1) is 5.92 Å². The molecule has 3 amide bonds. The van der Waals surface area contributed by atoms with Gasteiger partial charge in [0.05, 0.1) is 19.1 Å². The van der Waals surface area contributed by atoms with Crippen LogP contribution in [0.4, 0.5) is 0 Å². The predicted octanol–water partition coefficient (Wildman–Crippen LogP) is -0.471. The Hall–Kier alpha value is -1.67. The minimum Gasteiger partial charge on any atom is -0.382 e. The first-order valence-electron chi connectivity index (χ1n) is 8.17. The smallest absolute Gasteiger partial charge is 0.246 e. The molecule has 0 aliphatic carbocycles. The highest BCUT2D eigenvalue weighted by Gasteiger charge is 2.39. The van der Waals surface area contributed by atoms with Crippen molar-refractivity contribution in [3.63, 3.8) is 0 Å². The third-order valence-corrected chi connectivity index (χ3v) is 3.72. The van der Waals surface area contributed by atoms with E-state index in [0.29, 0.717) is 32.8 Å². The molecule has 1 unspecified atom stereocenters. The van der Waals surface area contributed by atoms with Gasteiger partial charge in [-0.25, -0.2) is 0 Å². The molecule has 0 aromatic rings. The van der Waals surface area contributed by atoms with Crippen LogP contribution in [0.5, 0.6) is 0 Å². The van der Waals surface area contributed by atoms with Crippen LogP contribution in [0.3, 0.4) is 0 Å². The number of nitrogens with zero attached hydrogens (tertiary/aromatic N) is 1. The second-order valence-electron chi connectivity index (χ2n) is 6.76. The molecule has 0 aromatic heterocycles. The van der Waals surface area contributed by atoms with Gasteiger partial charge in [-0.05, 0) is 20.8 Å². The van der Waals surface area contributed by atoms with Gasteiger partial charge in [-0.1, -0.05) is 0 Å². The maximum atomic E-state index is 12.1.